The molecule has 1 fully saturated rings. The first-order valence-electron chi connectivity index (χ1n) is 9.80. The lowest BCUT2D eigenvalue weighted by molar-refractivity contribution is -0.139. The summed E-state index contributed by atoms with van der Waals surface area (Å²) in [6.07, 6.45) is 1.15. The number of anilines is 2. The Morgan fingerprint density at radius 1 is 0.931 bits per heavy atom. The molecule has 29 heavy (non-hydrogen) atoms. The molecular formula is C21H33N3O4S. The SMILES string of the molecule is CC(C)(C)C(=O)Nc1cc(S(C)(=O)=O)ccc1N1CCN(C(=O)C(C)(C)C)CC1. The standard InChI is InChI=1S/C21H33N3O4S/c1-20(2,3)18(25)22-16-14-15(29(7,27)28)8-9-17(16)23-10-12-24(13-11-23)19(26)21(4,5)6/h8-9,14H,10-13H2,1-7H3,(H,22,25). The number of sulfone groups is 1. The van der Waals surface area contributed by atoms with E-state index in [9.17, 15) is 18.0 Å². The number of carbonyl (C=O) groups is 2. The zero-order valence-corrected chi connectivity index (χ0v) is 19.3. The summed E-state index contributed by atoms with van der Waals surface area (Å²) in [5.74, 6) is -0.0724. The Hall–Kier alpha value is -2.09. The number of carbonyl (C=O) groups excluding carboxylic acids is 2. The summed E-state index contributed by atoms with van der Waals surface area (Å²) in [4.78, 5) is 29.2. The normalized spacial score (nSPS) is 16.0. The minimum atomic E-state index is -3.40. The average molecular weight is 424 g/mol. The maximum Gasteiger partial charge on any atom is 0.229 e. The van der Waals surface area contributed by atoms with E-state index in [0.717, 1.165) is 11.9 Å². The van der Waals surface area contributed by atoms with E-state index < -0.39 is 20.7 Å². The van der Waals surface area contributed by atoms with Gasteiger partial charge in [0.15, 0.2) is 9.84 Å². The molecule has 0 radical (unpaired) electrons. The van der Waals surface area contributed by atoms with Gasteiger partial charge in [0.05, 0.1) is 16.3 Å². The van der Waals surface area contributed by atoms with Crippen LogP contribution in [-0.2, 0) is 19.4 Å². The van der Waals surface area contributed by atoms with Gasteiger partial charge < -0.3 is 15.1 Å². The van der Waals surface area contributed by atoms with Crippen molar-refractivity contribution in [1.29, 1.82) is 0 Å². The van der Waals surface area contributed by atoms with Gasteiger partial charge in [0, 0.05) is 43.3 Å². The molecule has 2 amide bonds. The van der Waals surface area contributed by atoms with Crippen LogP contribution in [0.5, 0.6) is 0 Å². The molecule has 1 aliphatic heterocycles. The number of amides is 2. The lowest BCUT2D eigenvalue weighted by Gasteiger charge is -2.39. The van der Waals surface area contributed by atoms with Crippen molar-refractivity contribution in [3.8, 4) is 0 Å². The van der Waals surface area contributed by atoms with Gasteiger partial charge in [-0.15, -0.1) is 0 Å². The summed E-state index contributed by atoms with van der Waals surface area (Å²) in [6, 6.07) is 4.81. The van der Waals surface area contributed by atoms with Crippen molar-refractivity contribution in [1.82, 2.24) is 4.90 Å². The summed E-state index contributed by atoms with van der Waals surface area (Å²) in [6.45, 7) is 13.5. The molecule has 162 valence electrons. The molecule has 1 saturated heterocycles. The molecule has 8 heteroatoms. The Balaban J connectivity index is 2.30. The molecule has 0 saturated carbocycles. The second kappa shape index (κ2) is 7.97. The van der Waals surface area contributed by atoms with Gasteiger partial charge in [-0.2, -0.15) is 0 Å². The van der Waals surface area contributed by atoms with Crippen LogP contribution >= 0.6 is 0 Å². The van der Waals surface area contributed by atoms with E-state index in [4.69, 9.17) is 0 Å². The summed E-state index contributed by atoms with van der Waals surface area (Å²) in [5, 5.41) is 2.89. The van der Waals surface area contributed by atoms with Gasteiger partial charge in [-0.05, 0) is 18.2 Å². The number of hydrogen-bond acceptors (Lipinski definition) is 5. The van der Waals surface area contributed by atoms with E-state index in [1.54, 1.807) is 32.9 Å². The van der Waals surface area contributed by atoms with Crippen LogP contribution in [0.2, 0.25) is 0 Å². The number of nitrogens with zero attached hydrogens (tertiary/aromatic N) is 2. The van der Waals surface area contributed by atoms with Crippen LogP contribution in [0, 0.1) is 10.8 Å². The molecular weight excluding hydrogens is 390 g/mol. The first-order chi connectivity index (χ1) is 13.1. The maximum atomic E-state index is 12.5. The molecule has 0 bridgehead atoms. The van der Waals surface area contributed by atoms with Gasteiger partial charge in [0.1, 0.15) is 0 Å². The molecule has 1 N–H and O–H groups in total. The molecule has 0 atom stereocenters. The van der Waals surface area contributed by atoms with E-state index in [1.165, 1.54) is 6.07 Å². The second-order valence-corrected chi connectivity index (χ2v) is 11.7. The van der Waals surface area contributed by atoms with Gasteiger partial charge in [0.2, 0.25) is 11.8 Å². The highest BCUT2D eigenvalue weighted by molar-refractivity contribution is 7.90. The largest absolute Gasteiger partial charge is 0.366 e. The van der Waals surface area contributed by atoms with Crippen LogP contribution in [-0.4, -0.2) is 57.6 Å². The molecule has 1 heterocycles. The zero-order chi connectivity index (χ0) is 22.2. The molecule has 1 aliphatic rings. The van der Waals surface area contributed by atoms with Crippen LogP contribution in [0.3, 0.4) is 0 Å². The highest BCUT2D eigenvalue weighted by Crippen LogP contribution is 2.32. The van der Waals surface area contributed by atoms with Gasteiger partial charge in [-0.25, -0.2) is 8.42 Å². The molecule has 0 aromatic heterocycles. The zero-order valence-electron chi connectivity index (χ0n) is 18.5. The van der Waals surface area contributed by atoms with Crippen LogP contribution in [0.15, 0.2) is 23.1 Å². The fourth-order valence-corrected chi connectivity index (χ4v) is 3.70. The molecule has 0 spiro atoms. The molecule has 7 nitrogen and oxygen atoms in total. The molecule has 1 aromatic carbocycles. The van der Waals surface area contributed by atoms with E-state index in [1.807, 2.05) is 25.7 Å². The third-order valence-electron chi connectivity index (χ3n) is 4.87. The smallest absolute Gasteiger partial charge is 0.229 e. The fourth-order valence-electron chi connectivity index (χ4n) is 3.06. The number of benzene rings is 1. The van der Waals surface area contributed by atoms with Crippen molar-refractivity contribution >= 4 is 33.0 Å². The monoisotopic (exact) mass is 423 g/mol. The minimum absolute atomic E-state index is 0.117. The first kappa shape index (κ1) is 23.2. The Kier molecular flexibility index (Phi) is 6.37. The highest BCUT2D eigenvalue weighted by Gasteiger charge is 2.31. The Morgan fingerprint density at radius 2 is 1.48 bits per heavy atom. The molecule has 0 unspecified atom stereocenters. The molecule has 1 aromatic rings. The van der Waals surface area contributed by atoms with Crippen molar-refractivity contribution in [3.63, 3.8) is 0 Å². The lowest BCUT2D eigenvalue weighted by Crippen LogP contribution is -2.51. The number of nitrogens with one attached hydrogen (secondary N) is 1. The highest BCUT2D eigenvalue weighted by atomic mass is 32.2. The Labute approximate surface area is 174 Å². The number of hydrogen-bond donors (Lipinski definition) is 1. The van der Waals surface area contributed by atoms with Crippen molar-refractivity contribution in [3.05, 3.63) is 18.2 Å². The van der Waals surface area contributed by atoms with Crippen molar-refractivity contribution in [2.75, 3.05) is 42.7 Å². The van der Waals surface area contributed by atoms with Crippen LogP contribution in [0.25, 0.3) is 0 Å². The van der Waals surface area contributed by atoms with Crippen molar-refractivity contribution < 1.29 is 18.0 Å². The summed E-state index contributed by atoms with van der Waals surface area (Å²) < 4.78 is 24.0. The van der Waals surface area contributed by atoms with Crippen LogP contribution in [0.1, 0.15) is 41.5 Å². The minimum Gasteiger partial charge on any atom is -0.366 e. The quantitative estimate of drug-likeness (QED) is 0.808. The topological polar surface area (TPSA) is 86.8 Å². The van der Waals surface area contributed by atoms with Gasteiger partial charge in [-0.3, -0.25) is 9.59 Å². The van der Waals surface area contributed by atoms with Crippen LogP contribution in [0.4, 0.5) is 11.4 Å². The van der Waals surface area contributed by atoms with Crippen molar-refractivity contribution in [2.45, 2.75) is 46.4 Å². The predicted octanol–water partition coefficient (Wildman–Crippen LogP) is 2.77. The summed E-state index contributed by atoms with van der Waals surface area (Å²) in [5.41, 5.74) is 0.197. The number of rotatable bonds is 3. The van der Waals surface area contributed by atoms with Crippen molar-refractivity contribution in [2.24, 2.45) is 10.8 Å². The van der Waals surface area contributed by atoms with Gasteiger partial charge in [0.25, 0.3) is 0 Å². The first-order valence-corrected chi connectivity index (χ1v) is 11.7. The van der Waals surface area contributed by atoms with E-state index >= 15 is 0 Å². The van der Waals surface area contributed by atoms with Crippen LogP contribution < -0.4 is 10.2 Å². The predicted molar refractivity (Wildman–Crippen MR) is 116 cm³/mol. The third-order valence-corrected chi connectivity index (χ3v) is 5.98. The van der Waals surface area contributed by atoms with E-state index in [-0.39, 0.29) is 16.7 Å². The summed E-state index contributed by atoms with van der Waals surface area (Å²) >= 11 is 0. The van der Waals surface area contributed by atoms with E-state index in [0.29, 0.717) is 31.9 Å². The summed E-state index contributed by atoms with van der Waals surface area (Å²) in [7, 11) is -3.40. The van der Waals surface area contributed by atoms with Gasteiger partial charge in [-0.1, -0.05) is 41.5 Å². The Bertz CT molecular complexity index is 887. The Morgan fingerprint density at radius 3 is 1.93 bits per heavy atom. The molecule has 2 rings (SSSR count). The fraction of sp³-hybridized carbons (Fsp3) is 0.619. The number of piperazine rings is 1. The molecule has 0 aliphatic carbocycles. The van der Waals surface area contributed by atoms with E-state index in [2.05, 4.69) is 10.2 Å². The maximum absolute atomic E-state index is 12.5. The third kappa shape index (κ3) is 5.72. The second-order valence-electron chi connectivity index (χ2n) is 9.68. The average Bonchev–Trinajstić information content (AvgIpc) is 2.59. The van der Waals surface area contributed by atoms with Gasteiger partial charge >= 0.3 is 0 Å². The lowest BCUT2D eigenvalue weighted by atomic mass is 9.94.